The first kappa shape index (κ1) is 20.6. The van der Waals surface area contributed by atoms with Gasteiger partial charge in [0.05, 0.1) is 6.54 Å². The van der Waals surface area contributed by atoms with Crippen molar-refractivity contribution in [2.24, 2.45) is 10.9 Å². The Morgan fingerprint density at radius 2 is 2.07 bits per heavy atom. The number of guanidine groups is 1. The molecule has 4 rings (SSSR count). The first-order valence-electron chi connectivity index (χ1n) is 11.1. The minimum atomic E-state index is 0.239. The molecular formula is C22H32N4O4. The van der Waals surface area contributed by atoms with Crippen LogP contribution in [0.15, 0.2) is 23.2 Å². The normalized spacial score (nSPS) is 21.2. The first-order valence-corrected chi connectivity index (χ1v) is 11.1. The molecule has 164 valence electrons. The fourth-order valence-electron chi connectivity index (χ4n) is 4.31. The lowest BCUT2D eigenvalue weighted by Crippen LogP contribution is -2.45. The van der Waals surface area contributed by atoms with Gasteiger partial charge in [0.15, 0.2) is 17.5 Å². The fraction of sp³-hybridized carbons (Fsp3) is 0.636. The molecule has 3 aliphatic rings. The Kier molecular flexibility index (Phi) is 6.81. The van der Waals surface area contributed by atoms with E-state index < -0.39 is 0 Å². The Bertz CT molecular complexity index is 764. The number of hydrogen-bond donors (Lipinski definition) is 2. The molecule has 1 aromatic rings. The molecule has 2 N–H and O–H groups in total. The van der Waals surface area contributed by atoms with Crippen molar-refractivity contribution < 1.29 is 19.0 Å². The molecule has 2 fully saturated rings. The number of fused-ring (bicyclic) bond motifs is 1. The second-order valence-corrected chi connectivity index (χ2v) is 8.02. The van der Waals surface area contributed by atoms with E-state index in [9.17, 15) is 4.79 Å². The van der Waals surface area contributed by atoms with Crippen molar-refractivity contribution in [1.29, 1.82) is 0 Å². The van der Waals surface area contributed by atoms with E-state index in [0.29, 0.717) is 24.8 Å². The monoisotopic (exact) mass is 416 g/mol. The smallest absolute Gasteiger partial charge is 0.231 e. The van der Waals surface area contributed by atoms with Crippen molar-refractivity contribution in [3.05, 3.63) is 18.2 Å². The number of rotatable bonds is 7. The molecule has 8 heteroatoms. The minimum Gasteiger partial charge on any atom is -0.492 e. The number of benzene rings is 1. The summed E-state index contributed by atoms with van der Waals surface area (Å²) in [6, 6.07) is 5.80. The van der Waals surface area contributed by atoms with Crippen LogP contribution >= 0.6 is 0 Å². The van der Waals surface area contributed by atoms with Crippen LogP contribution in [-0.4, -0.2) is 62.4 Å². The number of carbonyl (C=O) groups is 1. The van der Waals surface area contributed by atoms with Crippen LogP contribution in [0.4, 0.5) is 0 Å². The standard InChI is InChI=1S/C22H32N4O4/c1-2-23-22(24-10-12-28-18-7-8-19-20(13-18)30-15-29-19)25-17-9-11-26(14-17)21(27)16-5-3-4-6-16/h7-8,13,16-17H,2-6,9-12,14-15H2,1H3,(H2,23,24,25). The van der Waals surface area contributed by atoms with Gasteiger partial charge in [-0.1, -0.05) is 12.8 Å². The largest absolute Gasteiger partial charge is 0.492 e. The van der Waals surface area contributed by atoms with E-state index in [0.717, 1.165) is 56.4 Å². The molecule has 1 saturated heterocycles. The second kappa shape index (κ2) is 9.91. The lowest BCUT2D eigenvalue weighted by Gasteiger charge is -2.21. The van der Waals surface area contributed by atoms with E-state index in [-0.39, 0.29) is 18.8 Å². The fourth-order valence-corrected chi connectivity index (χ4v) is 4.31. The van der Waals surface area contributed by atoms with Crippen LogP contribution in [0.5, 0.6) is 17.2 Å². The van der Waals surface area contributed by atoms with Crippen molar-refractivity contribution in [3.8, 4) is 17.2 Å². The molecule has 1 aliphatic carbocycles. The van der Waals surface area contributed by atoms with Gasteiger partial charge < -0.3 is 29.7 Å². The van der Waals surface area contributed by atoms with Crippen LogP contribution in [0.3, 0.4) is 0 Å². The average molecular weight is 417 g/mol. The first-order chi connectivity index (χ1) is 14.7. The van der Waals surface area contributed by atoms with Crippen molar-refractivity contribution in [1.82, 2.24) is 15.5 Å². The molecular weight excluding hydrogens is 384 g/mol. The third-order valence-electron chi connectivity index (χ3n) is 5.86. The van der Waals surface area contributed by atoms with Crippen LogP contribution in [-0.2, 0) is 4.79 Å². The van der Waals surface area contributed by atoms with Gasteiger partial charge >= 0.3 is 0 Å². The zero-order valence-electron chi connectivity index (χ0n) is 17.7. The summed E-state index contributed by atoms with van der Waals surface area (Å²) in [4.78, 5) is 19.3. The van der Waals surface area contributed by atoms with Gasteiger partial charge in [-0.3, -0.25) is 4.79 Å². The number of nitrogens with zero attached hydrogens (tertiary/aromatic N) is 2. The molecule has 1 aromatic carbocycles. The Hall–Kier alpha value is -2.64. The summed E-state index contributed by atoms with van der Waals surface area (Å²) in [5.74, 6) is 3.56. The zero-order valence-corrected chi connectivity index (χ0v) is 17.7. The van der Waals surface area contributed by atoms with Gasteiger partial charge in [-0.25, -0.2) is 4.99 Å². The van der Waals surface area contributed by atoms with E-state index in [4.69, 9.17) is 14.2 Å². The molecule has 0 radical (unpaired) electrons. The summed E-state index contributed by atoms with van der Waals surface area (Å²) in [6.07, 6.45) is 5.45. The number of carbonyl (C=O) groups excluding carboxylic acids is 1. The van der Waals surface area contributed by atoms with E-state index in [1.54, 1.807) is 0 Å². The van der Waals surface area contributed by atoms with Gasteiger partial charge in [0.1, 0.15) is 12.4 Å². The van der Waals surface area contributed by atoms with Gasteiger partial charge in [0, 0.05) is 37.7 Å². The molecule has 2 heterocycles. The number of likely N-dealkylation sites (tertiary alicyclic amines) is 1. The molecule has 0 aromatic heterocycles. The molecule has 2 aliphatic heterocycles. The third kappa shape index (κ3) is 5.09. The van der Waals surface area contributed by atoms with Crippen LogP contribution in [0, 0.1) is 5.92 Å². The summed E-state index contributed by atoms with van der Waals surface area (Å²) in [5, 5.41) is 6.76. The van der Waals surface area contributed by atoms with E-state index in [2.05, 4.69) is 15.6 Å². The van der Waals surface area contributed by atoms with Crippen LogP contribution < -0.4 is 24.8 Å². The third-order valence-corrected chi connectivity index (χ3v) is 5.86. The SMILES string of the molecule is CCNC(=NCCOc1ccc2c(c1)OCO2)NC1CCN(C(=O)C2CCCC2)C1. The second-order valence-electron chi connectivity index (χ2n) is 8.02. The van der Waals surface area contributed by atoms with Gasteiger partial charge in [-0.15, -0.1) is 0 Å². The molecule has 1 unspecified atom stereocenters. The van der Waals surface area contributed by atoms with Crippen LogP contribution in [0.2, 0.25) is 0 Å². The predicted molar refractivity (Wildman–Crippen MR) is 114 cm³/mol. The van der Waals surface area contributed by atoms with Gasteiger partial charge in [-0.2, -0.15) is 0 Å². The molecule has 30 heavy (non-hydrogen) atoms. The lowest BCUT2D eigenvalue weighted by atomic mass is 10.1. The van der Waals surface area contributed by atoms with E-state index >= 15 is 0 Å². The average Bonchev–Trinajstić information content (AvgIpc) is 3.52. The van der Waals surface area contributed by atoms with Crippen LogP contribution in [0.1, 0.15) is 39.0 Å². The highest BCUT2D eigenvalue weighted by atomic mass is 16.7. The summed E-state index contributed by atoms with van der Waals surface area (Å²) >= 11 is 0. The maximum atomic E-state index is 12.6. The van der Waals surface area contributed by atoms with Gasteiger partial charge in [0.25, 0.3) is 0 Å². The van der Waals surface area contributed by atoms with Crippen molar-refractivity contribution in [3.63, 3.8) is 0 Å². The Balaban J connectivity index is 1.23. The maximum absolute atomic E-state index is 12.6. The Labute approximate surface area is 178 Å². The Morgan fingerprint density at radius 3 is 2.90 bits per heavy atom. The molecule has 0 bridgehead atoms. The molecule has 1 amide bonds. The van der Waals surface area contributed by atoms with Crippen molar-refractivity contribution in [2.45, 2.75) is 45.1 Å². The number of amides is 1. The highest BCUT2D eigenvalue weighted by molar-refractivity contribution is 5.81. The summed E-state index contributed by atoms with van der Waals surface area (Å²) in [6.45, 7) is 5.67. The van der Waals surface area contributed by atoms with Crippen molar-refractivity contribution in [2.75, 3.05) is 39.6 Å². The molecule has 8 nitrogen and oxygen atoms in total. The van der Waals surface area contributed by atoms with Crippen LogP contribution in [0.25, 0.3) is 0 Å². The number of hydrogen-bond acceptors (Lipinski definition) is 5. The lowest BCUT2D eigenvalue weighted by molar-refractivity contribution is -0.134. The number of aliphatic imine (C=N–C) groups is 1. The highest BCUT2D eigenvalue weighted by Crippen LogP contribution is 2.35. The van der Waals surface area contributed by atoms with Gasteiger partial charge in [0.2, 0.25) is 12.7 Å². The summed E-state index contributed by atoms with van der Waals surface area (Å²) < 4.78 is 16.5. The quantitative estimate of drug-likeness (QED) is 0.403. The zero-order chi connectivity index (χ0) is 20.8. The molecule has 0 spiro atoms. The Morgan fingerprint density at radius 1 is 1.23 bits per heavy atom. The maximum Gasteiger partial charge on any atom is 0.231 e. The minimum absolute atomic E-state index is 0.239. The van der Waals surface area contributed by atoms with Gasteiger partial charge in [-0.05, 0) is 38.3 Å². The summed E-state index contributed by atoms with van der Waals surface area (Å²) in [5.41, 5.74) is 0. The molecule has 1 saturated carbocycles. The molecule has 1 atom stereocenters. The number of nitrogens with one attached hydrogen (secondary N) is 2. The van der Waals surface area contributed by atoms with E-state index in [1.165, 1.54) is 12.8 Å². The predicted octanol–water partition coefficient (Wildman–Crippen LogP) is 2.14. The highest BCUT2D eigenvalue weighted by Gasteiger charge is 2.32. The summed E-state index contributed by atoms with van der Waals surface area (Å²) in [7, 11) is 0. The number of ether oxygens (including phenoxy) is 3. The topological polar surface area (TPSA) is 84.4 Å². The van der Waals surface area contributed by atoms with E-state index in [1.807, 2.05) is 30.0 Å². The van der Waals surface area contributed by atoms with Crippen molar-refractivity contribution >= 4 is 11.9 Å².